The minimum absolute atomic E-state index is 0.0659. The summed E-state index contributed by atoms with van der Waals surface area (Å²) in [4.78, 5) is 0. The molecule has 2 aromatic carbocycles. The van der Waals surface area contributed by atoms with Crippen LogP contribution in [-0.4, -0.2) is 7.05 Å². The zero-order valence-corrected chi connectivity index (χ0v) is 13.0. The fraction of sp³-hybridized carbons (Fsp3) is 0.250. The van der Waals surface area contributed by atoms with Crippen LogP contribution in [0.5, 0.6) is 0 Å². The number of hydrogen-bond donors (Lipinski definition) is 1. The van der Waals surface area contributed by atoms with Crippen LogP contribution in [0.2, 0.25) is 0 Å². The second-order valence-electron chi connectivity index (χ2n) is 4.76. The standard InChI is InChI=1S/C16H16BrF2N/c1-10-6-7-12(18)9-13(10)15(20-2)8-11-4-3-5-14(19)16(11)17/h3-7,9,15,20H,8H2,1-2H3. The fourth-order valence-electron chi connectivity index (χ4n) is 2.28. The number of nitrogens with one attached hydrogen (secondary N) is 1. The molecule has 1 atom stereocenters. The van der Waals surface area contributed by atoms with E-state index in [1.165, 1.54) is 18.2 Å². The maximum absolute atomic E-state index is 13.6. The van der Waals surface area contributed by atoms with Gasteiger partial charge in [0.25, 0.3) is 0 Å². The van der Waals surface area contributed by atoms with E-state index in [2.05, 4.69) is 21.2 Å². The van der Waals surface area contributed by atoms with Crippen molar-refractivity contribution in [3.63, 3.8) is 0 Å². The van der Waals surface area contributed by atoms with Gasteiger partial charge in [-0.25, -0.2) is 8.78 Å². The number of halogens is 3. The van der Waals surface area contributed by atoms with Crippen molar-refractivity contribution in [1.29, 1.82) is 0 Å². The second-order valence-corrected chi connectivity index (χ2v) is 5.55. The third-order valence-electron chi connectivity index (χ3n) is 3.42. The maximum Gasteiger partial charge on any atom is 0.137 e. The lowest BCUT2D eigenvalue weighted by atomic mass is 9.95. The first-order valence-corrected chi connectivity index (χ1v) is 7.18. The van der Waals surface area contributed by atoms with Gasteiger partial charge in [-0.1, -0.05) is 18.2 Å². The fourth-order valence-corrected chi connectivity index (χ4v) is 2.71. The third kappa shape index (κ3) is 3.25. The van der Waals surface area contributed by atoms with Gasteiger partial charge >= 0.3 is 0 Å². The van der Waals surface area contributed by atoms with Crippen molar-refractivity contribution in [3.05, 3.63) is 69.2 Å². The lowest BCUT2D eigenvalue weighted by Crippen LogP contribution is -2.20. The van der Waals surface area contributed by atoms with Crippen molar-refractivity contribution in [2.45, 2.75) is 19.4 Å². The Hall–Kier alpha value is -1.26. The molecule has 106 valence electrons. The van der Waals surface area contributed by atoms with Gasteiger partial charge in [0.1, 0.15) is 11.6 Å². The van der Waals surface area contributed by atoms with E-state index in [-0.39, 0.29) is 17.7 Å². The van der Waals surface area contributed by atoms with Crippen LogP contribution in [0.15, 0.2) is 40.9 Å². The summed E-state index contributed by atoms with van der Waals surface area (Å²) in [6.07, 6.45) is 0.582. The van der Waals surface area contributed by atoms with E-state index < -0.39 is 0 Å². The monoisotopic (exact) mass is 339 g/mol. The van der Waals surface area contributed by atoms with Crippen molar-refractivity contribution in [2.24, 2.45) is 0 Å². The number of aryl methyl sites for hydroxylation is 1. The summed E-state index contributed by atoms with van der Waals surface area (Å²) >= 11 is 3.27. The lowest BCUT2D eigenvalue weighted by molar-refractivity contribution is 0.567. The molecule has 2 aromatic rings. The molecule has 0 spiro atoms. The summed E-state index contributed by atoms with van der Waals surface area (Å²) in [6, 6.07) is 9.63. The van der Waals surface area contributed by atoms with E-state index in [1.807, 2.05) is 20.0 Å². The highest BCUT2D eigenvalue weighted by molar-refractivity contribution is 9.10. The van der Waals surface area contributed by atoms with Crippen molar-refractivity contribution in [1.82, 2.24) is 5.32 Å². The molecule has 0 amide bonds. The number of hydrogen-bond acceptors (Lipinski definition) is 1. The molecule has 0 radical (unpaired) electrons. The molecule has 1 N–H and O–H groups in total. The molecule has 2 rings (SSSR count). The Morgan fingerprint density at radius 2 is 1.95 bits per heavy atom. The molecule has 20 heavy (non-hydrogen) atoms. The van der Waals surface area contributed by atoms with Crippen LogP contribution >= 0.6 is 15.9 Å². The number of rotatable bonds is 4. The lowest BCUT2D eigenvalue weighted by Gasteiger charge is -2.20. The molecule has 1 nitrogen and oxygen atoms in total. The molecule has 0 saturated carbocycles. The van der Waals surface area contributed by atoms with E-state index in [4.69, 9.17) is 0 Å². The molecule has 0 aromatic heterocycles. The van der Waals surface area contributed by atoms with Gasteiger partial charge in [0.05, 0.1) is 4.47 Å². The zero-order valence-electron chi connectivity index (χ0n) is 11.4. The molecule has 4 heteroatoms. The zero-order chi connectivity index (χ0) is 14.7. The van der Waals surface area contributed by atoms with Gasteiger partial charge in [0.2, 0.25) is 0 Å². The van der Waals surface area contributed by atoms with Gasteiger partial charge in [-0.2, -0.15) is 0 Å². The van der Waals surface area contributed by atoms with E-state index in [0.717, 1.165) is 16.7 Å². The van der Waals surface area contributed by atoms with Crippen LogP contribution in [0.4, 0.5) is 8.78 Å². The summed E-state index contributed by atoms with van der Waals surface area (Å²) in [6.45, 7) is 1.94. The molecule has 0 fully saturated rings. The second kappa shape index (κ2) is 6.46. The van der Waals surface area contributed by atoms with Gasteiger partial charge in [0.15, 0.2) is 0 Å². The Morgan fingerprint density at radius 1 is 1.20 bits per heavy atom. The largest absolute Gasteiger partial charge is 0.313 e. The summed E-state index contributed by atoms with van der Waals surface area (Å²) in [5.41, 5.74) is 2.76. The van der Waals surface area contributed by atoms with Crippen molar-refractivity contribution in [2.75, 3.05) is 7.05 Å². The Labute approximate surface area is 126 Å². The average Bonchev–Trinajstić information content (AvgIpc) is 2.43. The molecule has 0 heterocycles. The number of benzene rings is 2. The van der Waals surface area contributed by atoms with E-state index >= 15 is 0 Å². The van der Waals surface area contributed by atoms with Crippen LogP contribution in [0.1, 0.15) is 22.7 Å². The molecule has 0 saturated heterocycles. The number of likely N-dealkylation sites (N-methyl/N-ethyl adjacent to an activating group) is 1. The molecular weight excluding hydrogens is 324 g/mol. The highest BCUT2D eigenvalue weighted by Gasteiger charge is 2.16. The normalized spacial score (nSPS) is 12.4. The van der Waals surface area contributed by atoms with E-state index in [1.54, 1.807) is 12.1 Å². The molecular formula is C16H16BrF2N. The van der Waals surface area contributed by atoms with Crippen LogP contribution in [0.25, 0.3) is 0 Å². The summed E-state index contributed by atoms with van der Waals surface area (Å²) in [7, 11) is 1.82. The molecule has 0 bridgehead atoms. The van der Waals surface area contributed by atoms with Crippen molar-refractivity contribution >= 4 is 15.9 Å². The first-order chi connectivity index (χ1) is 9.52. The Bertz CT molecular complexity index is 613. The Morgan fingerprint density at radius 3 is 2.65 bits per heavy atom. The van der Waals surface area contributed by atoms with Crippen molar-refractivity contribution < 1.29 is 8.78 Å². The molecule has 0 aliphatic heterocycles. The minimum Gasteiger partial charge on any atom is -0.313 e. The Kier molecular flexibility index (Phi) is 4.89. The van der Waals surface area contributed by atoms with Crippen LogP contribution in [0, 0.1) is 18.6 Å². The van der Waals surface area contributed by atoms with E-state index in [0.29, 0.717) is 10.9 Å². The van der Waals surface area contributed by atoms with Gasteiger partial charge in [0, 0.05) is 6.04 Å². The molecule has 1 unspecified atom stereocenters. The van der Waals surface area contributed by atoms with Crippen LogP contribution in [-0.2, 0) is 6.42 Å². The highest BCUT2D eigenvalue weighted by atomic mass is 79.9. The predicted octanol–water partition coefficient (Wildman–Crippen LogP) is 4.54. The quantitative estimate of drug-likeness (QED) is 0.862. The van der Waals surface area contributed by atoms with Gasteiger partial charge < -0.3 is 5.32 Å². The summed E-state index contributed by atoms with van der Waals surface area (Å²) in [5, 5.41) is 3.17. The first kappa shape index (κ1) is 15.1. The molecule has 0 aliphatic rings. The SMILES string of the molecule is CNC(Cc1cccc(F)c1Br)c1cc(F)ccc1C. The van der Waals surface area contributed by atoms with Gasteiger partial charge in [-0.3, -0.25) is 0 Å². The van der Waals surface area contributed by atoms with Crippen LogP contribution < -0.4 is 5.32 Å². The van der Waals surface area contributed by atoms with Crippen molar-refractivity contribution in [3.8, 4) is 0 Å². The highest BCUT2D eigenvalue weighted by Crippen LogP contribution is 2.27. The Balaban J connectivity index is 2.34. The summed E-state index contributed by atoms with van der Waals surface area (Å²) in [5.74, 6) is -0.544. The topological polar surface area (TPSA) is 12.0 Å². The first-order valence-electron chi connectivity index (χ1n) is 6.39. The average molecular weight is 340 g/mol. The smallest absolute Gasteiger partial charge is 0.137 e. The minimum atomic E-state index is -0.284. The van der Waals surface area contributed by atoms with E-state index in [9.17, 15) is 8.78 Å². The third-order valence-corrected chi connectivity index (χ3v) is 4.31. The molecule has 0 aliphatic carbocycles. The van der Waals surface area contributed by atoms with Gasteiger partial charge in [-0.15, -0.1) is 0 Å². The maximum atomic E-state index is 13.6. The van der Waals surface area contributed by atoms with Gasteiger partial charge in [-0.05, 0) is 71.2 Å². The summed E-state index contributed by atoms with van der Waals surface area (Å²) < 4.78 is 27.4. The predicted molar refractivity (Wildman–Crippen MR) is 80.7 cm³/mol. The van der Waals surface area contributed by atoms with Crippen LogP contribution in [0.3, 0.4) is 0 Å².